The highest BCUT2D eigenvalue weighted by atomic mass is 16.5. The number of ether oxygens (including phenoxy) is 1. The number of hydrogen-bond acceptors (Lipinski definition) is 8. The van der Waals surface area contributed by atoms with Crippen molar-refractivity contribution in [1.82, 2.24) is 9.97 Å². The van der Waals surface area contributed by atoms with E-state index in [2.05, 4.69) is 15.3 Å². The number of rotatable bonds is 5. The Hall–Kier alpha value is -1.84. The maximum absolute atomic E-state index is 11.6. The summed E-state index contributed by atoms with van der Waals surface area (Å²) >= 11 is 0. The number of nitrogens with zero attached hydrogens (tertiary/aromatic N) is 2. The zero-order chi connectivity index (χ0) is 13.1. The van der Waals surface area contributed by atoms with E-state index in [4.69, 9.17) is 15.6 Å². The van der Waals surface area contributed by atoms with Gasteiger partial charge in [0.15, 0.2) is 12.0 Å². The molecule has 0 amide bonds. The quantitative estimate of drug-likeness (QED) is 0.403. The molecule has 0 fully saturated rings. The summed E-state index contributed by atoms with van der Waals surface area (Å²) in [6.07, 6.45) is -0.695. The van der Waals surface area contributed by atoms with Crippen LogP contribution in [0.5, 0.6) is 0 Å². The van der Waals surface area contributed by atoms with E-state index in [1.165, 1.54) is 0 Å². The molecule has 2 heterocycles. The van der Waals surface area contributed by atoms with Gasteiger partial charge in [-0.05, 0) is 0 Å². The zero-order valence-corrected chi connectivity index (χ0v) is 9.59. The van der Waals surface area contributed by atoms with Gasteiger partial charge in [0.2, 0.25) is 5.95 Å². The van der Waals surface area contributed by atoms with Crippen molar-refractivity contribution in [3.8, 4) is 0 Å². The van der Waals surface area contributed by atoms with Crippen molar-refractivity contribution in [1.29, 1.82) is 0 Å². The van der Waals surface area contributed by atoms with Crippen LogP contribution in [0, 0.1) is 0 Å². The van der Waals surface area contributed by atoms with Gasteiger partial charge in [-0.25, -0.2) is 0 Å². The average molecular weight is 257 g/mol. The Balaban J connectivity index is 2.27. The number of H-pyrrole nitrogens is 1. The lowest BCUT2D eigenvalue weighted by Crippen LogP contribution is -2.41. The summed E-state index contributed by atoms with van der Waals surface area (Å²) < 4.78 is 5.25. The van der Waals surface area contributed by atoms with E-state index in [0.29, 0.717) is 5.82 Å². The van der Waals surface area contributed by atoms with Crippen molar-refractivity contribution in [2.45, 2.75) is 6.23 Å². The first-order valence-electron chi connectivity index (χ1n) is 5.41. The van der Waals surface area contributed by atoms with E-state index >= 15 is 0 Å². The van der Waals surface area contributed by atoms with Gasteiger partial charge in [0.25, 0.3) is 5.56 Å². The van der Waals surface area contributed by atoms with Gasteiger partial charge in [0.05, 0.1) is 26.5 Å². The highest BCUT2D eigenvalue weighted by Crippen LogP contribution is 2.27. The highest BCUT2D eigenvalue weighted by Gasteiger charge is 2.29. The molecule has 0 radical (unpaired) electrons. The number of nitrogen functional groups attached to an aromatic ring is 1. The van der Waals surface area contributed by atoms with Crippen LogP contribution in [0.4, 0.5) is 17.5 Å². The molecule has 0 aromatic carbocycles. The Kier molecular flexibility index (Phi) is 3.65. The second-order valence-corrected chi connectivity index (χ2v) is 3.69. The minimum Gasteiger partial charge on any atom is -0.394 e. The Labute approximate surface area is 102 Å². The minimum absolute atomic E-state index is 0.00806. The van der Waals surface area contributed by atoms with Crippen LogP contribution in [0.25, 0.3) is 0 Å². The molecule has 0 bridgehead atoms. The third kappa shape index (κ3) is 2.23. The fourth-order valence-corrected chi connectivity index (χ4v) is 1.75. The van der Waals surface area contributed by atoms with Crippen molar-refractivity contribution >= 4 is 17.5 Å². The second-order valence-electron chi connectivity index (χ2n) is 3.69. The molecule has 0 saturated carbocycles. The predicted octanol–water partition coefficient (Wildman–Crippen LogP) is -2.13. The Morgan fingerprint density at radius 1 is 1.56 bits per heavy atom. The zero-order valence-electron chi connectivity index (χ0n) is 9.59. The Morgan fingerprint density at radius 2 is 2.33 bits per heavy atom. The first kappa shape index (κ1) is 12.6. The fraction of sp³-hybridized carbons (Fsp3) is 0.556. The summed E-state index contributed by atoms with van der Waals surface area (Å²) in [6, 6.07) is 0. The molecule has 6 N–H and O–H groups in total. The number of anilines is 3. The average Bonchev–Trinajstić information content (AvgIpc) is 2.74. The summed E-state index contributed by atoms with van der Waals surface area (Å²) in [5, 5.41) is 20.8. The van der Waals surface area contributed by atoms with Gasteiger partial charge < -0.3 is 30.9 Å². The van der Waals surface area contributed by atoms with Gasteiger partial charge in [-0.2, -0.15) is 4.98 Å². The number of fused-ring (bicyclic) bond motifs is 1. The van der Waals surface area contributed by atoms with Crippen molar-refractivity contribution < 1.29 is 14.9 Å². The molecule has 0 saturated heterocycles. The van der Waals surface area contributed by atoms with Crippen LogP contribution < -0.4 is 21.5 Å². The summed E-state index contributed by atoms with van der Waals surface area (Å²) in [7, 11) is 0. The lowest BCUT2D eigenvalue weighted by atomic mass is 10.4. The number of aromatic amines is 1. The molecule has 0 spiro atoms. The minimum atomic E-state index is -0.695. The molecule has 0 aliphatic carbocycles. The van der Waals surface area contributed by atoms with Crippen LogP contribution in [0.15, 0.2) is 4.79 Å². The van der Waals surface area contributed by atoms with Crippen molar-refractivity contribution in [3.05, 3.63) is 10.4 Å². The fourth-order valence-electron chi connectivity index (χ4n) is 1.75. The summed E-state index contributed by atoms with van der Waals surface area (Å²) in [6.45, 7) is -0.105. The van der Waals surface area contributed by atoms with E-state index < -0.39 is 6.23 Å². The number of aliphatic hydroxyl groups excluding tert-OH is 2. The summed E-state index contributed by atoms with van der Waals surface area (Å²) in [4.78, 5) is 19.5. The van der Waals surface area contributed by atoms with Gasteiger partial charge in [-0.15, -0.1) is 0 Å². The molecule has 2 rings (SSSR count). The van der Waals surface area contributed by atoms with Crippen LogP contribution in [0.3, 0.4) is 0 Å². The van der Waals surface area contributed by atoms with E-state index in [1.807, 2.05) is 0 Å². The monoisotopic (exact) mass is 257 g/mol. The Morgan fingerprint density at radius 3 is 3.00 bits per heavy atom. The van der Waals surface area contributed by atoms with Crippen LogP contribution in [-0.2, 0) is 4.74 Å². The molecule has 1 atom stereocenters. The molecule has 9 heteroatoms. The van der Waals surface area contributed by atoms with E-state index in [-0.39, 0.29) is 43.7 Å². The Bertz CT molecular complexity index is 477. The lowest BCUT2D eigenvalue weighted by molar-refractivity contribution is -0.00370. The predicted molar refractivity (Wildman–Crippen MR) is 64.2 cm³/mol. The third-order valence-electron chi connectivity index (χ3n) is 2.52. The van der Waals surface area contributed by atoms with Crippen molar-refractivity contribution in [3.63, 3.8) is 0 Å². The van der Waals surface area contributed by atoms with Crippen LogP contribution in [0.2, 0.25) is 0 Å². The van der Waals surface area contributed by atoms with Crippen molar-refractivity contribution in [2.24, 2.45) is 0 Å². The molecular weight excluding hydrogens is 242 g/mol. The largest absolute Gasteiger partial charge is 0.394 e. The topological polar surface area (TPSA) is 137 Å². The van der Waals surface area contributed by atoms with Gasteiger partial charge in [-0.3, -0.25) is 9.78 Å². The summed E-state index contributed by atoms with van der Waals surface area (Å²) in [5.74, 6) is 0.319. The standard InChI is InChI=1S/C9H15N5O4/c10-9-12-7-6(8(17)13-9)11-4-14(7)5(3-16)18-2-1-15/h5,11,15-16H,1-4H2,(H3,10,12,13,17). The molecule has 9 nitrogen and oxygen atoms in total. The number of nitrogens with one attached hydrogen (secondary N) is 2. The molecule has 1 aliphatic heterocycles. The van der Waals surface area contributed by atoms with E-state index in [9.17, 15) is 9.90 Å². The smallest absolute Gasteiger partial charge is 0.277 e. The number of hydrogen-bond donors (Lipinski definition) is 5. The second kappa shape index (κ2) is 5.21. The van der Waals surface area contributed by atoms with Crippen LogP contribution in [-0.4, -0.2) is 52.9 Å². The maximum atomic E-state index is 11.6. The molecule has 18 heavy (non-hydrogen) atoms. The highest BCUT2D eigenvalue weighted by molar-refractivity contribution is 5.70. The van der Waals surface area contributed by atoms with Crippen LogP contribution in [0.1, 0.15) is 0 Å². The number of aliphatic hydroxyl groups is 2. The normalized spacial score (nSPS) is 15.3. The van der Waals surface area contributed by atoms with Gasteiger partial charge in [0, 0.05) is 0 Å². The molecular formula is C9H15N5O4. The molecule has 1 aliphatic rings. The van der Waals surface area contributed by atoms with Crippen molar-refractivity contribution in [2.75, 3.05) is 42.4 Å². The lowest BCUT2D eigenvalue weighted by Gasteiger charge is -2.26. The third-order valence-corrected chi connectivity index (χ3v) is 2.52. The van der Waals surface area contributed by atoms with E-state index in [1.54, 1.807) is 4.90 Å². The molecule has 1 aromatic heterocycles. The maximum Gasteiger partial charge on any atom is 0.277 e. The van der Waals surface area contributed by atoms with Gasteiger partial charge in [0.1, 0.15) is 5.69 Å². The number of aromatic nitrogens is 2. The van der Waals surface area contributed by atoms with Gasteiger partial charge in [-0.1, -0.05) is 0 Å². The SMILES string of the molecule is Nc1nc2c(c(=O)[nH]1)NCN2C(CO)OCCO. The first-order chi connectivity index (χ1) is 8.67. The molecule has 100 valence electrons. The molecule has 1 unspecified atom stereocenters. The van der Waals surface area contributed by atoms with E-state index in [0.717, 1.165) is 0 Å². The van der Waals surface area contributed by atoms with Crippen LogP contribution >= 0.6 is 0 Å². The summed E-state index contributed by atoms with van der Waals surface area (Å²) in [5.41, 5.74) is 5.38. The molecule has 1 aromatic rings. The first-order valence-corrected chi connectivity index (χ1v) is 5.41. The van der Waals surface area contributed by atoms with Gasteiger partial charge >= 0.3 is 0 Å². The number of nitrogens with two attached hydrogens (primary N) is 1.